The molecular weight excluding hydrogens is 432 g/mol. The van der Waals surface area contributed by atoms with Crippen molar-refractivity contribution in [1.29, 1.82) is 0 Å². The van der Waals surface area contributed by atoms with Crippen LogP contribution in [-0.4, -0.2) is 39.1 Å². The topological polar surface area (TPSA) is 97.1 Å². The fraction of sp³-hybridized carbons (Fsp3) is 0.231. The number of nitrogens with two attached hydrogens (primary N) is 1. The molecule has 0 saturated carbocycles. The third kappa shape index (κ3) is 3.67. The van der Waals surface area contributed by atoms with E-state index in [1.165, 1.54) is 0 Å². The van der Waals surface area contributed by atoms with Crippen LogP contribution in [0.2, 0.25) is 0 Å². The number of amides is 2. The quantitative estimate of drug-likeness (QED) is 0.570. The normalized spacial score (nSPS) is 16.1. The van der Waals surface area contributed by atoms with Crippen molar-refractivity contribution in [1.82, 2.24) is 0 Å². The number of carbonyl (C=O) groups excluding carboxylic acids is 2. The Labute approximate surface area is 197 Å². The number of fused-ring (bicyclic) bond motifs is 2. The third-order valence-corrected chi connectivity index (χ3v) is 6.26. The van der Waals surface area contributed by atoms with E-state index in [2.05, 4.69) is 10.2 Å². The van der Waals surface area contributed by atoms with Gasteiger partial charge in [0.25, 0.3) is 17.6 Å². The van der Waals surface area contributed by atoms with Crippen molar-refractivity contribution >= 4 is 34.6 Å². The molecule has 2 heterocycles. The van der Waals surface area contributed by atoms with Crippen molar-refractivity contribution in [3.05, 3.63) is 83.4 Å². The number of para-hydroxylation sites is 2. The van der Waals surface area contributed by atoms with Gasteiger partial charge in [0.15, 0.2) is 0 Å². The first-order valence-corrected chi connectivity index (χ1v) is 11.1. The number of nitrogen functional groups attached to an aromatic ring is 1. The number of ether oxygens (including phenoxy) is 2. The molecule has 8 heteroatoms. The summed E-state index contributed by atoms with van der Waals surface area (Å²) in [4.78, 5) is 29.0. The van der Waals surface area contributed by atoms with Crippen LogP contribution >= 0.6 is 0 Å². The van der Waals surface area contributed by atoms with Gasteiger partial charge in [0.1, 0.15) is 0 Å². The minimum absolute atomic E-state index is 0.203. The van der Waals surface area contributed by atoms with Crippen molar-refractivity contribution in [2.75, 3.05) is 48.2 Å². The molecule has 3 aromatic carbocycles. The molecule has 0 unspecified atom stereocenters. The van der Waals surface area contributed by atoms with E-state index in [4.69, 9.17) is 15.2 Å². The summed E-state index contributed by atoms with van der Waals surface area (Å²) in [6.07, 6.45) is 0. The molecule has 2 aliphatic heterocycles. The van der Waals surface area contributed by atoms with Crippen LogP contribution in [0, 0.1) is 0 Å². The highest BCUT2D eigenvalue weighted by Crippen LogP contribution is 2.46. The second kappa shape index (κ2) is 8.48. The zero-order chi connectivity index (χ0) is 23.9. The summed E-state index contributed by atoms with van der Waals surface area (Å²) in [7, 11) is 3.71. The molecule has 5 rings (SSSR count). The number of nitrogens with zero attached hydrogens (tertiary/aromatic N) is 2. The molecule has 174 valence electrons. The van der Waals surface area contributed by atoms with E-state index < -0.39 is 5.79 Å². The molecule has 34 heavy (non-hydrogen) atoms. The average Bonchev–Trinajstić information content (AvgIpc) is 3.42. The van der Waals surface area contributed by atoms with Gasteiger partial charge in [-0.05, 0) is 48.0 Å². The highest BCUT2D eigenvalue weighted by Gasteiger charge is 2.55. The number of carbonyl (C=O) groups is 2. The summed E-state index contributed by atoms with van der Waals surface area (Å²) in [5, 5.41) is 2.84. The van der Waals surface area contributed by atoms with Gasteiger partial charge in [-0.2, -0.15) is 0 Å². The predicted molar refractivity (Wildman–Crippen MR) is 131 cm³/mol. The SMILES string of the molecule is CN(Cc1ccc(C(=O)Nc2ccccc2N)cc1)c1ccc2c(c1)C1(OCCO1)C(=O)N2C. The fourth-order valence-corrected chi connectivity index (χ4v) is 4.39. The number of benzene rings is 3. The Bertz CT molecular complexity index is 1250. The lowest BCUT2D eigenvalue weighted by molar-refractivity contribution is -0.180. The van der Waals surface area contributed by atoms with Gasteiger partial charge in [0.05, 0.1) is 30.3 Å². The standard InChI is InChI=1S/C26H26N4O4/c1-29(19-11-12-23-20(15-19)26(25(32)30(23)2)33-13-14-34-26)16-17-7-9-18(10-8-17)24(31)28-22-6-4-3-5-21(22)27/h3-12,15H,13-14,16,27H2,1-2H3,(H,28,31). The van der Waals surface area contributed by atoms with Crippen molar-refractivity contribution in [2.24, 2.45) is 0 Å². The smallest absolute Gasteiger partial charge is 0.292 e. The third-order valence-electron chi connectivity index (χ3n) is 6.26. The van der Waals surface area contributed by atoms with E-state index in [-0.39, 0.29) is 11.8 Å². The van der Waals surface area contributed by atoms with E-state index in [0.29, 0.717) is 36.7 Å². The Hall–Kier alpha value is -3.88. The average molecular weight is 459 g/mol. The first-order chi connectivity index (χ1) is 16.4. The summed E-state index contributed by atoms with van der Waals surface area (Å²) in [6.45, 7) is 1.39. The minimum atomic E-state index is -1.34. The van der Waals surface area contributed by atoms with Gasteiger partial charge in [-0.1, -0.05) is 24.3 Å². The van der Waals surface area contributed by atoms with Crippen LogP contribution in [0.1, 0.15) is 21.5 Å². The molecule has 0 aliphatic carbocycles. The van der Waals surface area contributed by atoms with Gasteiger partial charge in [-0.3, -0.25) is 9.59 Å². The maximum Gasteiger partial charge on any atom is 0.292 e. The number of hydrogen-bond donors (Lipinski definition) is 2. The van der Waals surface area contributed by atoms with Crippen molar-refractivity contribution in [3.63, 3.8) is 0 Å². The van der Waals surface area contributed by atoms with Crippen LogP contribution in [0.25, 0.3) is 0 Å². The minimum Gasteiger partial charge on any atom is -0.397 e. The maximum atomic E-state index is 12.8. The van der Waals surface area contributed by atoms with Crippen molar-refractivity contribution in [3.8, 4) is 0 Å². The highest BCUT2D eigenvalue weighted by atomic mass is 16.7. The zero-order valence-corrected chi connectivity index (χ0v) is 19.1. The zero-order valence-electron chi connectivity index (χ0n) is 19.1. The molecule has 3 N–H and O–H groups in total. The predicted octanol–water partition coefficient (Wildman–Crippen LogP) is 3.33. The molecule has 0 bridgehead atoms. The lowest BCUT2D eigenvalue weighted by Crippen LogP contribution is -2.39. The van der Waals surface area contributed by atoms with Gasteiger partial charge in [-0.15, -0.1) is 0 Å². The number of nitrogens with one attached hydrogen (secondary N) is 1. The second-order valence-electron chi connectivity index (χ2n) is 8.47. The summed E-state index contributed by atoms with van der Waals surface area (Å²) in [6, 6.07) is 20.4. The summed E-state index contributed by atoms with van der Waals surface area (Å²) < 4.78 is 11.5. The van der Waals surface area contributed by atoms with Crippen LogP contribution in [0.4, 0.5) is 22.7 Å². The summed E-state index contributed by atoms with van der Waals surface area (Å²) in [5.74, 6) is -1.75. The van der Waals surface area contributed by atoms with Gasteiger partial charge >= 0.3 is 0 Å². The van der Waals surface area contributed by atoms with Crippen LogP contribution < -0.4 is 20.9 Å². The molecule has 1 fully saturated rings. The second-order valence-corrected chi connectivity index (χ2v) is 8.47. The Balaban J connectivity index is 1.30. The van der Waals surface area contributed by atoms with Gasteiger partial charge in [-0.25, -0.2) is 0 Å². The van der Waals surface area contributed by atoms with Gasteiger partial charge in [0, 0.05) is 37.5 Å². The van der Waals surface area contributed by atoms with Crippen LogP contribution in [0.15, 0.2) is 66.7 Å². The van der Waals surface area contributed by atoms with E-state index in [1.54, 1.807) is 36.2 Å². The summed E-state index contributed by atoms with van der Waals surface area (Å²) >= 11 is 0. The maximum absolute atomic E-state index is 12.8. The first-order valence-electron chi connectivity index (χ1n) is 11.1. The summed E-state index contributed by atoms with van der Waals surface area (Å²) in [5.41, 5.74) is 11.1. The molecule has 0 radical (unpaired) electrons. The Morgan fingerprint density at radius 2 is 1.79 bits per heavy atom. The number of hydrogen-bond acceptors (Lipinski definition) is 6. The number of rotatable bonds is 5. The van der Waals surface area contributed by atoms with Gasteiger partial charge in [0.2, 0.25) is 0 Å². The Morgan fingerprint density at radius 3 is 2.50 bits per heavy atom. The van der Waals surface area contributed by atoms with E-state index >= 15 is 0 Å². The van der Waals surface area contributed by atoms with Crippen molar-refractivity contribution < 1.29 is 19.1 Å². The van der Waals surface area contributed by atoms with E-state index in [0.717, 1.165) is 22.5 Å². The fourth-order valence-electron chi connectivity index (χ4n) is 4.39. The van der Waals surface area contributed by atoms with Crippen molar-refractivity contribution in [2.45, 2.75) is 12.3 Å². The lowest BCUT2D eigenvalue weighted by atomic mass is 10.1. The van der Waals surface area contributed by atoms with E-state index in [1.807, 2.05) is 49.5 Å². The molecule has 8 nitrogen and oxygen atoms in total. The van der Waals surface area contributed by atoms with E-state index in [9.17, 15) is 9.59 Å². The molecular formula is C26H26N4O4. The molecule has 3 aromatic rings. The van der Waals surface area contributed by atoms with Crippen LogP contribution in [0.3, 0.4) is 0 Å². The highest BCUT2D eigenvalue weighted by molar-refractivity contribution is 6.06. The molecule has 2 aliphatic rings. The van der Waals surface area contributed by atoms with Crippen LogP contribution in [-0.2, 0) is 26.6 Å². The molecule has 1 spiro atoms. The molecule has 1 saturated heterocycles. The van der Waals surface area contributed by atoms with Crippen LogP contribution in [0.5, 0.6) is 0 Å². The Kier molecular flexibility index (Phi) is 5.47. The monoisotopic (exact) mass is 458 g/mol. The molecule has 0 atom stereocenters. The molecule has 2 amide bonds. The first kappa shape index (κ1) is 21.9. The molecule has 0 aromatic heterocycles. The number of likely N-dealkylation sites (N-methyl/N-ethyl adjacent to an activating group) is 1. The van der Waals surface area contributed by atoms with Gasteiger partial charge < -0.3 is 30.3 Å². The lowest BCUT2D eigenvalue weighted by Gasteiger charge is -2.23. The number of anilines is 4. The largest absolute Gasteiger partial charge is 0.397 e. The Morgan fingerprint density at radius 1 is 1.09 bits per heavy atom.